The first-order valence-corrected chi connectivity index (χ1v) is 6.72. The number of anilines is 1. The molecule has 1 N–H and O–H groups in total. The number of ether oxygens (including phenoxy) is 1. The Hall–Kier alpha value is -1.74. The van der Waals surface area contributed by atoms with E-state index in [1.165, 1.54) is 5.56 Å². The topological polar surface area (TPSA) is 34.1 Å². The van der Waals surface area contributed by atoms with Gasteiger partial charge < -0.3 is 10.1 Å². The molecule has 0 saturated heterocycles. The summed E-state index contributed by atoms with van der Waals surface area (Å²) in [5.74, 6) is 1.90. The van der Waals surface area contributed by atoms with Crippen molar-refractivity contribution in [1.29, 1.82) is 0 Å². The summed E-state index contributed by atoms with van der Waals surface area (Å²) in [5.41, 5.74) is 1.25. The monoisotopic (exact) mass is 276 g/mol. The summed E-state index contributed by atoms with van der Waals surface area (Å²) in [6.45, 7) is 0. The van der Waals surface area contributed by atoms with Crippen molar-refractivity contribution in [2.75, 3.05) is 18.3 Å². The molecule has 0 aliphatic rings. The van der Waals surface area contributed by atoms with Crippen molar-refractivity contribution in [1.82, 2.24) is 4.98 Å². The van der Waals surface area contributed by atoms with Crippen LogP contribution in [0.1, 0.15) is 5.56 Å². The summed E-state index contributed by atoms with van der Waals surface area (Å²) in [7, 11) is 1.61. The summed E-state index contributed by atoms with van der Waals surface area (Å²) in [6, 6.07) is 16.0. The lowest BCUT2D eigenvalue weighted by molar-refractivity contribution is 0.398. The number of alkyl halides is 1. The molecule has 1 unspecified atom stereocenters. The number of methoxy groups -OCH3 is 1. The zero-order valence-corrected chi connectivity index (χ0v) is 11.6. The summed E-state index contributed by atoms with van der Waals surface area (Å²) < 4.78 is 5.10. The van der Waals surface area contributed by atoms with Gasteiger partial charge in [-0.05, 0) is 18.1 Å². The van der Waals surface area contributed by atoms with Gasteiger partial charge in [0.2, 0.25) is 5.88 Å². The third kappa shape index (κ3) is 4.14. The maximum atomic E-state index is 6.02. The first-order valence-electron chi connectivity index (χ1n) is 6.19. The number of pyridine rings is 1. The van der Waals surface area contributed by atoms with Crippen LogP contribution in [0.3, 0.4) is 0 Å². The Labute approximate surface area is 118 Å². The van der Waals surface area contributed by atoms with Gasteiger partial charge in [-0.2, -0.15) is 4.98 Å². The van der Waals surface area contributed by atoms with Crippen LogP contribution >= 0.6 is 11.6 Å². The molecule has 0 aliphatic carbocycles. The molecule has 0 amide bonds. The molecule has 2 aromatic rings. The lowest BCUT2D eigenvalue weighted by Crippen LogP contribution is -2.24. The van der Waals surface area contributed by atoms with Gasteiger partial charge in [-0.15, -0.1) is 11.6 Å². The Bertz CT molecular complexity index is 505. The third-order valence-electron chi connectivity index (χ3n) is 2.80. The number of hydrogen-bond donors (Lipinski definition) is 1. The van der Waals surface area contributed by atoms with E-state index in [2.05, 4.69) is 22.4 Å². The average molecular weight is 277 g/mol. The van der Waals surface area contributed by atoms with Crippen LogP contribution in [0.4, 0.5) is 5.82 Å². The van der Waals surface area contributed by atoms with Crippen molar-refractivity contribution in [2.24, 2.45) is 0 Å². The number of nitrogens with one attached hydrogen (secondary N) is 1. The van der Waals surface area contributed by atoms with E-state index in [9.17, 15) is 0 Å². The fourth-order valence-electron chi connectivity index (χ4n) is 1.86. The predicted molar refractivity (Wildman–Crippen MR) is 79.1 cm³/mol. The van der Waals surface area contributed by atoms with E-state index in [0.29, 0.717) is 11.8 Å². The lowest BCUT2D eigenvalue weighted by Gasteiger charge is -2.17. The van der Waals surface area contributed by atoms with Crippen molar-refractivity contribution >= 4 is 17.4 Å². The molecule has 0 spiro atoms. The van der Waals surface area contributed by atoms with Gasteiger partial charge >= 0.3 is 0 Å². The van der Waals surface area contributed by atoms with Crippen molar-refractivity contribution in [3.8, 4) is 5.88 Å². The van der Waals surface area contributed by atoms with Crippen molar-refractivity contribution < 1.29 is 4.74 Å². The molecule has 0 aliphatic heterocycles. The summed E-state index contributed by atoms with van der Waals surface area (Å²) >= 11 is 6.02. The highest BCUT2D eigenvalue weighted by Crippen LogP contribution is 2.14. The Morgan fingerprint density at radius 1 is 1.16 bits per heavy atom. The minimum Gasteiger partial charge on any atom is -0.481 e. The first-order chi connectivity index (χ1) is 9.31. The molecule has 0 saturated carbocycles. The molecule has 2 rings (SSSR count). The van der Waals surface area contributed by atoms with E-state index >= 15 is 0 Å². The fourth-order valence-corrected chi connectivity index (χ4v) is 2.05. The number of aromatic nitrogens is 1. The van der Waals surface area contributed by atoms with Gasteiger partial charge in [0.15, 0.2) is 0 Å². The van der Waals surface area contributed by atoms with Crippen LogP contribution < -0.4 is 10.1 Å². The number of nitrogens with zero attached hydrogens (tertiary/aromatic N) is 1. The molecular formula is C15H17ClN2O. The highest BCUT2D eigenvalue weighted by molar-refractivity contribution is 6.18. The molecule has 1 heterocycles. The first kappa shape index (κ1) is 13.7. The number of benzene rings is 1. The highest BCUT2D eigenvalue weighted by atomic mass is 35.5. The fraction of sp³-hybridized carbons (Fsp3) is 0.267. The van der Waals surface area contributed by atoms with Crippen LogP contribution in [0.25, 0.3) is 0 Å². The molecule has 0 radical (unpaired) electrons. The van der Waals surface area contributed by atoms with Gasteiger partial charge in [0.25, 0.3) is 0 Å². The zero-order valence-electron chi connectivity index (χ0n) is 10.8. The number of halogens is 1. The molecule has 19 heavy (non-hydrogen) atoms. The zero-order chi connectivity index (χ0) is 13.5. The Kier molecular flexibility index (Phi) is 5.04. The molecule has 1 aromatic heterocycles. The van der Waals surface area contributed by atoms with Crippen molar-refractivity contribution in [3.63, 3.8) is 0 Å². The summed E-state index contributed by atoms with van der Waals surface area (Å²) in [6.07, 6.45) is 0.864. The Balaban J connectivity index is 2.02. The largest absolute Gasteiger partial charge is 0.481 e. The van der Waals surface area contributed by atoms with Gasteiger partial charge in [0, 0.05) is 18.0 Å². The number of hydrogen-bond acceptors (Lipinski definition) is 3. The summed E-state index contributed by atoms with van der Waals surface area (Å²) in [5, 5.41) is 3.33. The Morgan fingerprint density at radius 2 is 1.95 bits per heavy atom. The maximum Gasteiger partial charge on any atom is 0.214 e. The van der Waals surface area contributed by atoms with Gasteiger partial charge in [0.05, 0.1) is 7.11 Å². The van der Waals surface area contributed by atoms with Crippen LogP contribution in [0.5, 0.6) is 5.88 Å². The SMILES string of the molecule is COc1cccc(NC(CCl)Cc2ccccc2)n1. The van der Waals surface area contributed by atoms with Crippen LogP contribution in [0.2, 0.25) is 0 Å². The van der Waals surface area contributed by atoms with E-state index in [4.69, 9.17) is 16.3 Å². The van der Waals surface area contributed by atoms with Crippen molar-refractivity contribution in [2.45, 2.75) is 12.5 Å². The molecule has 4 heteroatoms. The average Bonchev–Trinajstić information content (AvgIpc) is 2.48. The molecular weight excluding hydrogens is 260 g/mol. The molecule has 1 atom stereocenters. The van der Waals surface area contributed by atoms with Gasteiger partial charge in [-0.3, -0.25) is 0 Å². The smallest absolute Gasteiger partial charge is 0.214 e. The van der Waals surface area contributed by atoms with Crippen LogP contribution in [0.15, 0.2) is 48.5 Å². The van der Waals surface area contributed by atoms with E-state index in [1.807, 2.05) is 36.4 Å². The van der Waals surface area contributed by atoms with Gasteiger partial charge in [0.1, 0.15) is 5.82 Å². The van der Waals surface area contributed by atoms with E-state index < -0.39 is 0 Å². The minimum atomic E-state index is 0.142. The molecule has 100 valence electrons. The van der Waals surface area contributed by atoms with Gasteiger partial charge in [-0.1, -0.05) is 36.4 Å². The molecule has 3 nitrogen and oxygen atoms in total. The lowest BCUT2D eigenvalue weighted by atomic mass is 10.1. The summed E-state index contributed by atoms with van der Waals surface area (Å²) in [4.78, 5) is 4.33. The predicted octanol–water partition coefficient (Wildman–Crippen LogP) is 3.35. The molecule has 0 bridgehead atoms. The third-order valence-corrected chi connectivity index (χ3v) is 3.17. The quantitative estimate of drug-likeness (QED) is 0.822. The van der Waals surface area contributed by atoms with E-state index in [1.54, 1.807) is 7.11 Å². The maximum absolute atomic E-state index is 6.02. The van der Waals surface area contributed by atoms with E-state index in [-0.39, 0.29) is 6.04 Å². The second-order valence-electron chi connectivity index (χ2n) is 4.25. The Morgan fingerprint density at radius 3 is 2.63 bits per heavy atom. The molecule has 0 fully saturated rings. The van der Waals surface area contributed by atoms with Crippen LogP contribution in [0, 0.1) is 0 Å². The normalized spacial score (nSPS) is 11.9. The van der Waals surface area contributed by atoms with Crippen molar-refractivity contribution in [3.05, 3.63) is 54.1 Å². The van der Waals surface area contributed by atoms with Crippen LogP contribution in [-0.4, -0.2) is 24.0 Å². The molecule has 1 aromatic carbocycles. The second kappa shape index (κ2) is 7.00. The van der Waals surface area contributed by atoms with E-state index in [0.717, 1.165) is 12.2 Å². The number of rotatable bonds is 6. The highest BCUT2D eigenvalue weighted by Gasteiger charge is 2.09. The van der Waals surface area contributed by atoms with Gasteiger partial charge in [-0.25, -0.2) is 0 Å². The minimum absolute atomic E-state index is 0.142. The second-order valence-corrected chi connectivity index (χ2v) is 4.56. The van der Waals surface area contributed by atoms with Crippen LogP contribution in [-0.2, 0) is 6.42 Å². The standard InChI is InChI=1S/C15H17ClN2O/c1-19-15-9-5-8-14(18-15)17-13(11-16)10-12-6-3-2-4-7-12/h2-9,13H,10-11H2,1H3,(H,17,18).